The predicted octanol–water partition coefficient (Wildman–Crippen LogP) is 4.66. The zero-order valence-electron chi connectivity index (χ0n) is 11.5. The maximum Gasteiger partial charge on any atom is 0.125 e. The Hall–Kier alpha value is -2.04. The summed E-state index contributed by atoms with van der Waals surface area (Å²) in [5.41, 5.74) is 2.56. The van der Waals surface area contributed by atoms with Crippen LogP contribution in [0.15, 0.2) is 42.5 Å². The van der Waals surface area contributed by atoms with Gasteiger partial charge in [0.05, 0.1) is 16.3 Å². The van der Waals surface area contributed by atoms with Crippen LogP contribution in [-0.2, 0) is 0 Å². The van der Waals surface area contributed by atoms with Crippen LogP contribution in [0.4, 0.5) is 4.39 Å². The normalized spacial score (nSPS) is 13.1. The molecule has 1 unspecified atom stereocenters. The van der Waals surface area contributed by atoms with Crippen molar-refractivity contribution < 1.29 is 9.50 Å². The Morgan fingerprint density at radius 1 is 1.19 bits per heavy atom. The number of benzene rings is 2. The molecular weight excluding hydrogens is 285 g/mol. The lowest BCUT2D eigenvalue weighted by Gasteiger charge is -2.04. The van der Waals surface area contributed by atoms with Gasteiger partial charge in [-0.15, -0.1) is 11.3 Å². The van der Waals surface area contributed by atoms with Crippen molar-refractivity contribution in [2.45, 2.75) is 13.0 Å². The highest BCUT2D eigenvalue weighted by molar-refractivity contribution is 7.19. The fourth-order valence-corrected chi connectivity index (χ4v) is 2.93. The summed E-state index contributed by atoms with van der Waals surface area (Å²) in [7, 11) is 0. The summed E-state index contributed by atoms with van der Waals surface area (Å²) in [5, 5.41) is 10.4. The number of rotatable bonds is 3. The number of aliphatic hydroxyl groups excluding tert-OH is 1. The number of aromatic nitrogens is 1. The van der Waals surface area contributed by atoms with E-state index in [1.807, 2.05) is 36.4 Å². The average molecular weight is 299 g/mol. The number of hydrogen-bond acceptors (Lipinski definition) is 3. The molecule has 3 aromatic rings. The minimum Gasteiger partial charge on any atom is -0.389 e. The summed E-state index contributed by atoms with van der Waals surface area (Å²) in [4.78, 5) is 4.39. The van der Waals surface area contributed by atoms with Gasteiger partial charge >= 0.3 is 0 Å². The van der Waals surface area contributed by atoms with Gasteiger partial charge in [0.15, 0.2) is 0 Å². The van der Waals surface area contributed by atoms with Gasteiger partial charge in [-0.05, 0) is 42.3 Å². The standard InChI is InChI=1S/C17H14FNOS/c1-11(20)13-4-2-3-12(9-13)5-8-17-19-15-10-14(18)6-7-16(15)21-17/h2-11,20H,1H3/b8-5+. The monoisotopic (exact) mass is 299 g/mol. The molecule has 0 amide bonds. The second-order valence-electron chi connectivity index (χ2n) is 4.84. The minimum atomic E-state index is -0.483. The van der Waals surface area contributed by atoms with Crippen molar-refractivity contribution >= 4 is 33.7 Å². The molecule has 0 bridgehead atoms. The molecule has 2 aromatic carbocycles. The van der Waals surface area contributed by atoms with Gasteiger partial charge in [0.1, 0.15) is 10.8 Å². The number of aliphatic hydroxyl groups is 1. The van der Waals surface area contributed by atoms with E-state index in [1.165, 1.54) is 23.5 Å². The Bertz CT molecular complexity index is 807. The number of thiazole rings is 1. The highest BCUT2D eigenvalue weighted by atomic mass is 32.1. The number of hydrogen-bond donors (Lipinski definition) is 1. The molecule has 0 spiro atoms. The van der Waals surface area contributed by atoms with E-state index in [-0.39, 0.29) is 5.82 Å². The summed E-state index contributed by atoms with van der Waals surface area (Å²) in [5.74, 6) is -0.270. The topological polar surface area (TPSA) is 33.1 Å². The maximum atomic E-state index is 13.1. The lowest BCUT2D eigenvalue weighted by Crippen LogP contribution is -1.90. The third kappa shape index (κ3) is 3.17. The highest BCUT2D eigenvalue weighted by Gasteiger charge is 2.03. The molecule has 0 fully saturated rings. The molecule has 0 aliphatic heterocycles. The van der Waals surface area contributed by atoms with Crippen LogP contribution in [0.2, 0.25) is 0 Å². The Labute approximate surface area is 126 Å². The van der Waals surface area contributed by atoms with E-state index in [9.17, 15) is 9.50 Å². The first-order valence-electron chi connectivity index (χ1n) is 6.64. The molecule has 0 aliphatic carbocycles. The zero-order valence-corrected chi connectivity index (χ0v) is 12.3. The van der Waals surface area contributed by atoms with Crippen LogP contribution >= 0.6 is 11.3 Å². The molecular formula is C17H14FNOS. The van der Waals surface area contributed by atoms with E-state index in [1.54, 1.807) is 13.0 Å². The molecule has 1 N–H and O–H groups in total. The largest absolute Gasteiger partial charge is 0.389 e. The zero-order chi connectivity index (χ0) is 14.8. The van der Waals surface area contributed by atoms with Crippen molar-refractivity contribution in [1.29, 1.82) is 0 Å². The van der Waals surface area contributed by atoms with Crippen molar-refractivity contribution in [2.24, 2.45) is 0 Å². The van der Waals surface area contributed by atoms with Gasteiger partial charge in [0.2, 0.25) is 0 Å². The van der Waals surface area contributed by atoms with Crippen molar-refractivity contribution in [1.82, 2.24) is 4.98 Å². The van der Waals surface area contributed by atoms with Crippen molar-refractivity contribution in [3.8, 4) is 0 Å². The smallest absolute Gasteiger partial charge is 0.125 e. The van der Waals surface area contributed by atoms with Crippen LogP contribution in [-0.4, -0.2) is 10.1 Å². The Morgan fingerprint density at radius 3 is 2.86 bits per heavy atom. The Balaban J connectivity index is 1.88. The lowest BCUT2D eigenvalue weighted by molar-refractivity contribution is 0.199. The summed E-state index contributed by atoms with van der Waals surface area (Å²) in [6.45, 7) is 1.74. The van der Waals surface area contributed by atoms with Gasteiger partial charge in [-0.2, -0.15) is 0 Å². The maximum absolute atomic E-state index is 13.1. The molecule has 3 rings (SSSR count). The number of nitrogens with zero attached hydrogens (tertiary/aromatic N) is 1. The van der Waals surface area contributed by atoms with Crippen LogP contribution in [0.25, 0.3) is 22.4 Å². The molecule has 2 nitrogen and oxygen atoms in total. The molecule has 0 saturated carbocycles. The summed E-state index contributed by atoms with van der Waals surface area (Å²) >= 11 is 1.52. The summed E-state index contributed by atoms with van der Waals surface area (Å²) < 4.78 is 14.1. The fraction of sp³-hybridized carbons (Fsp3) is 0.118. The highest BCUT2D eigenvalue weighted by Crippen LogP contribution is 2.24. The molecule has 0 saturated heterocycles. The predicted molar refractivity (Wildman–Crippen MR) is 85.6 cm³/mol. The molecule has 21 heavy (non-hydrogen) atoms. The first-order chi connectivity index (χ1) is 10.1. The van der Waals surface area contributed by atoms with Crippen LogP contribution in [0, 0.1) is 5.82 Å². The fourth-order valence-electron chi connectivity index (χ4n) is 2.08. The van der Waals surface area contributed by atoms with E-state index in [0.29, 0.717) is 5.52 Å². The van der Waals surface area contributed by atoms with Gasteiger partial charge in [-0.3, -0.25) is 0 Å². The van der Waals surface area contributed by atoms with Crippen molar-refractivity contribution in [3.05, 3.63) is 64.4 Å². The van der Waals surface area contributed by atoms with E-state index in [0.717, 1.165) is 20.8 Å². The van der Waals surface area contributed by atoms with Crippen LogP contribution < -0.4 is 0 Å². The third-order valence-corrected chi connectivity index (χ3v) is 4.18. The molecule has 0 radical (unpaired) electrons. The van der Waals surface area contributed by atoms with Crippen molar-refractivity contribution in [2.75, 3.05) is 0 Å². The SMILES string of the molecule is CC(O)c1cccc(/C=C/c2nc3cc(F)ccc3s2)c1. The van der Waals surface area contributed by atoms with Gasteiger partial charge in [0.25, 0.3) is 0 Å². The first-order valence-corrected chi connectivity index (χ1v) is 7.46. The van der Waals surface area contributed by atoms with Gasteiger partial charge in [-0.1, -0.05) is 24.3 Å². The molecule has 0 aliphatic rings. The number of fused-ring (bicyclic) bond motifs is 1. The van der Waals surface area contributed by atoms with Gasteiger partial charge in [-0.25, -0.2) is 9.37 Å². The van der Waals surface area contributed by atoms with E-state index in [4.69, 9.17) is 0 Å². The minimum absolute atomic E-state index is 0.270. The Morgan fingerprint density at radius 2 is 2.05 bits per heavy atom. The molecule has 1 aromatic heterocycles. The Kier molecular flexibility index (Phi) is 3.82. The molecule has 1 atom stereocenters. The average Bonchev–Trinajstić information content (AvgIpc) is 2.87. The van der Waals surface area contributed by atoms with Crippen LogP contribution in [0.1, 0.15) is 29.2 Å². The van der Waals surface area contributed by atoms with E-state index < -0.39 is 6.10 Å². The van der Waals surface area contributed by atoms with Gasteiger partial charge < -0.3 is 5.11 Å². The van der Waals surface area contributed by atoms with Crippen LogP contribution in [0.3, 0.4) is 0 Å². The quantitative estimate of drug-likeness (QED) is 0.763. The number of halogens is 1. The molecule has 1 heterocycles. The lowest BCUT2D eigenvalue weighted by atomic mass is 10.1. The first kappa shape index (κ1) is 13.9. The summed E-state index contributed by atoms with van der Waals surface area (Å²) in [6, 6.07) is 12.3. The van der Waals surface area contributed by atoms with Gasteiger partial charge in [0, 0.05) is 6.07 Å². The summed E-state index contributed by atoms with van der Waals surface area (Å²) in [6.07, 6.45) is 3.37. The molecule has 4 heteroatoms. The second kappa shape index (κ2) is 5.76. The van der Waals surface area contributed by atoms with Crippen molar-refractivity contribution in [3.63, 3.8) is 0 Å². The third-order valence-electron chi connectivity index (χ3n) is 3.18. The van der Waals surface area contributed by atoms with E-state index in [2.05, 4.69) is 4.98 Å². The van der Waals surface area contributed by atoms with E-state index >= 15 is 0 Å². The molecule has 106 valence electrons. The van der Waals surface area contributed by atoms with Crippen LogP contribution in [0.5, 0.6) is 0 Å². The second-order valence-corrected chi connectivity index (χ2v) is 5.91.